The summed E-state index contributed by atoms with van der Waals surface area (Å²) in [5.74, 6) is 0.486. The second-order valence-corrected chi connectivity index (χ2v) is 5.64. The van der Waals surface area contributed by atoms with Crippen LogP contribution >= 0.6 is 0 Å². The molecular formula is C16H26N4O. The average Bonchev–Trinajstić information content (AvgIpc) is 2.75. The molecule has 0 bridgehead atoms. The maximum absolute atomic E-state index is 5.88. The maximum Gasteiger partial charge on any atom is 0.188 e. The number of para-hydroxylation sites is 1. The fourth-order valence-electron chi connectivity index (χ4n) is 2.84. The second kappa shape index (κ2) is 7.31. The van der Waals surface area contributed by atoms with Gasteiger partial charge in [-0.05, 0) is 31.9 Å². The predicted molar refractivity (Wildman–Crippen MR) is 87.9 cm³/mol. The highest BCUT2D eigenvalue weighted by atomic mass is 16.5. The lowest BCUT2D eigenvalue weighted by Gasteiger charge is -2.24. The van der Waals surface area contributed by atoms with Gasteiger partial charge in [0.05, 0.1) is 13.2 Å². The lowest BCUT2D eigenvalue weighted by Crippen LogP contribution is -2.41. The Morgan fingerprint density at radius 3 is 3.05 bits per heavy atom. The molecule has 5 nitrogen and oxygen atoms in total. The first kappa shape index (κ1) is 15.6. The molecule has 0 amide bonds. The van der Waals surface area contributed by atoms with E-state index < -0.39 is 0 Å². The van der Waals surface area contributed by atoms with Crippen LogP contribution in [0.3, 0.4) is 0 Å². The Bertz CT molecular complexity index is 489. The minimum atomic E-state index is 0.171. The van der Waals surface area contributed by atoms with Crippen LogP contribution in [0.25, 0.3) is 0 Å². The normalized spacial score (nSPS) is 19.5. The van der Waals surface area contributed by atoms with Gasteiger partial charge in [-0.25, -0.2) is 0 Å². The summed E-state index contributed by atoms with van der Waals surface area (Å²) < 4.78 is 5.06. The number of methoxy groups -OCH3 is 1. The molecule has 0 aromatic heterocycles. The Hall–Kier alpha value is -1.75. The van der Waals surface area contributed by atoms with Gasteiger partial charge >= 0.3 is 0 Å². The number of aliphatic imine (C=N–C) groups is 1. The molecule has 2 rings (SSSR count). The molecule has 21 heavy (non-hydrogen) atoms. The van der Waals surface area contributed by atoms with Gasteiger partial charge in [-0.3, -0.25) is 4.99 Å². The summed E-state index contributed by atoms with van der Waals surface area (Å²) in [6.45, 7) is 6.47. The van der Waals surface area contributed by atoms with Crippen molar-refractivity contribution in [2.45, 2.75) is 32.4 Å². The number of anilines is 1. The van der Waals surface area contributed by atoms with E-state index in [4.69, 9.17) is 10.5 Å². The molecule has 2 unspecified atom stereocenters. The Balaban J connectivity index is 1.86. The monoisotopic (exact) mass is 290 g/mol. The Labute approximate surface area is 127 Å². The first-order chi connectivity index (χ1) is 10.1. The highest BCUT2D eigenvalue weighted by Gasteiger charge is 2.24. The largest absolute Gasteiger partial charge is 0.383 e. The third-order valence-corrected chi connectivity index (χ3v) is 3.78. The van der Waals surface area contributed by atoms with Crippen molar-refractivity contribution in [3.8, 4) is 0 Å². The van der Waals surface area contributed by atoms with Crippen LogP contribution in [0.2, 0.25) is 0 Å². The molecule has 1 aromatic rings. The third-order valence-electron chi connectivity index (χ3n) is 3.78. The minimum Gasteiger partial charge on any atom is -0.383 e. The van der Waals surface area contributed by atoms with E-state index in [0.29, 0.717) is 25.2 Å². The fourth-order valence-corrected chi connectivity index (χ4v) is 2.84. The third kappa shape index (κ3) is 4.11. The van der Waals surface area contributed by atoms with Crippen LogP contribution < -0.4 is 16.0 Å². The van der Waals surface area contributed by atoms with Gasteiger partial charge in [0, 0.05) is 31.4 Å². The Morgan fingerprint density at radius 1 is 1.52 bits per heavy atom. The standard InChI is InChI=1S/C16H26N4O/c1-12(11-21-3)19-16(17)18-8-9-20-13(2)10-14-6-4-5-7-15(14)20/h4-7,12-13H,8-11H2,1-3H3,(H3,17,18,19). The number of ether oxygens (including phenoxy) is 1. The van der Waals surface area contributed by atoms with Crippen LogP contribution in [0.15, 0.2) is 29.3 Å². The summed E-state index contributed by atoms with van der Waals surface area (Å²) in [5, 5.41) is 3.12. The van der Waals surface area contributed by atoms with E-state index in [1.165, 1.54) is 11.3 Å². The van der Waals surface area contributed by atoms with Crippen molar-refractivity contribution in [3.63, 3.8) is 0 Å². The summed E-state index contributed by atoms with van der Waals surface area (Å²) in [4.78, 5) is 6.81. The summed E-state index contributed by atoms with van der Waals surface area (Å²) in [7, 11) is 1.68. The number of rotatable bonds is 6. The molecule has 1 aromatic carbocycles. The molecule has 0 fully saturated rings. The molecule has 0 aliphatic carbocycles. The molecule has 0 saturated carbocycles. The van der Waals surface area contributed by atoms with Crippen LogP contribution in [0.1, 0.15) is 19.4 Å². The SMILES string of the molecule is COCC(C)NC(N)=NCCN1c2ccccc2CC1C. The number of nitrogens with one attached hydrogen (secondary N) is 1. The van der Waals surface area contributed by atoms with Gasteiger partial charge in [-0.2, -0.15) is 0 Å². The van der Waals surface area contributed by atoms with Crippen molar-refractivity contribution in [1.82, 2.24) is 5.32 Å². The lowest BCUT2D eigenvalue weighted by atomic mass is 10.1. The number of fused-ring (bicyclic) bond motifs is 1. The zero-order chi connectivity index (χ0) is 15.2. The van der Waals surface area contributed by atoms with E-state index in [0.717, 1.165) is 13.0 Å². The molecule has 1 heterocycles. The molecule has 1 aliphatic rings. The Morgan fingerprint density at radius 2 is 2.29 bits per heavy atom. The van der Waals surface area contributed by atoms with Gasteiger partial charge in [0.25, 0.3) is 0 Å². The van der Waals surface area contributed by atoms with E-state index in [-0.39, 0.29) is 6.04 Å². The molecule has 116 valence electrons. The van der Waals surface area contributed by atoms with Crippen LogP contribution in [0, 0.1) is 0 Å². The van der Waals surface area contributed by atoms with Crippen molar-refractivity contribution in [1.29, 1.82) is 0 Å². The molecule has 2 atom stereocenters. The van der Waals surface area contributed by atoms with Gasteiger partial charge in [0.2, 0.25) is 0 Å². The summed E-state index contributed by atoms with van der Waals surface area (Å²) in [5.41, 5.74) is 8.64. The summed E-state index contributed by atoms with van der Waals surface area (Å²) in [6.07, 6.45) is 1.11. The first-order valence-electron chi connectivity index (χ1n) is 7.51. The molecule has 0 spiro atoms. The van der Waals surface area contributed by atoms with Crippen molar-refractivity contribution < 1.29 is 4.74 Å². The highest BCUT2D eigenvalue weighted by molar-refractivity contribution is 5.78. The van der Waals surface area contributed by atoms with Gasteiger partial charge in [0.1, 0.15) is 0 Å². The highest BCUT2D eigenvalue weighted by Crippen LogP contribution is 2.31. The van der Waals surface area contributed by atoms with Gasteiger partial charge in [-0.1, -0.05) is 18.2 Å². The number of hydrogen-bond acceptors (Lipinski definition) is 3. The Kier molecular flexibility index (Phi) is 5.44. The van der Waals surface area contributed by atoms with Gasteiger partial charge in [0.15, 0.2) is 5.96 Å². The van der Waals surface area contributed by atoms with Crippen molar-refractivity contribution in [2.75, 3.05) is 31.7 Å². The van der Waals surface area contributed by atoms with E-state index in [1.54, 1.807) is 7.11 Å². The van der Waals surface area contributed by atoms with E-state index in [1.807, 2.05) is 6.92 Å². The summed E-state index contributed by atoms with van der Waals surface area (Å²) >= 11 is 0. The maximum atomic E-state index is 5.88. The zero-order valence-electron chi connectivity index (χ0n) is 13.2. The van der Waals surface area contributed by atoms with Crippen molar-refractivity contribution in [2.24, 2.45) is 10.7 Å². The van der Waals surface area contributed by atoms with Gasteiger partial charge in [-0.15, -0.1) is 0 Å². The number of nitrogens with zero attached hydrogens (tertiary/aromatic N) is 2. The molecular weight excluding hydrogens is 264 g/mol. The lowest BCUT2D eigenvalue weighted by molar-refractivity contribution is 0.179. The van der Waals surface area contributed by atoms with Crippen LogP contribution in [0.4, 0.5) is 5.69 Å². The van der Waals surface area contributed by atoms with E-state index >= 15 is 0 Å². The smallest absolute Gasteiger partial charge is 0.188 e. The zero-order valence-corrected chi connectivity index (χ0v) is 13.2. The van der Waals surface area contributed by atoms with E-state index in [2.05, 4.69) is 46.4 Å². The van der Waals surface area contributed by atoms with Gasteiger partial charge < -0.3 is 20.7 Å². The predicted octanol–water partition coefficient (Wildman–Crippen LogP) is 1.38. The van der Waals surface area contributed by atoms with Crippen LogP contribution in [-0.4, -0.2) is 44.8 Å². The number of benzene rings is 1. The van der Waals surface area contributed by atoms with E-state index in [9.17, 15) is 0 Å². The second-order valence-electron chi connectivity index (χ2n) is 5.64. The summed E-state index contributed by atoms with van der Waals surface area (Å²) in [6, 6.07) is 9.29. The molecule has 0 radical (unpaired) electrons. The van der Waals surface area contributed by atoms with Crippen LogP contribution in [0.5, 0.6) is 0 Å². The molecule has 5 heteroatoms. The van der Waals surface area contributed by atoms with Crippen molar-refractivity contribution >= 4 is 11.6 Å². The topological polar surface area (TPSA) is 62.9 Å². The first-order valence-corrected chi connectivity index (χ1v) is 7.51. The quantitative estimate of drug-likeness (QED) is 0.614. The molecule has 1 aliphatic heterocycles. The number of hydrogen-bond donors (Lipinski definition) is 2. The number of nitrogens with two attached hydrogens (primary N) is 1. The average molecular weight is 290 g/mol. The minimum absolute atomic E-state index is 0.171. The van der Waals surface area contributed by atoms with Crippen LogP contribution in [-0.2, 0) is 11.2 Å². The molecule has 0 saturated heterocycles. The number of guanidine groups is 1. The van der Waals surface area contributed by atoms with Crippen molar-refractivity contribution in [3.05, 3.63) is 29.8 Å². The molecule has 3 N–H and O–H groups in total. The fraction of sp³-hybridized carbons (Fsp3) is 0.562.